The Morgan fingerprint density at radius 1 is 1.27 bits per heavy atom. The molecule has 4 nitrogen and oxygen atoms in total. The van der Waals surface area contributed by atoms with Crippen molar-refractivity contribution < 1.29 is 22.6 Å². The largest absolute Gasteiger partial charge is 1.00 e. The van der Waals surface area contributed by atoms with Gasteiger partial charge in [-0.3, -0.25) is 0 Å². The average Bonchev–Trinajstić information content (AvgIpc) is 2.86. The van der Waals surface area contributed by atoms with Gasteiger partial charge in [0.2, 0.25) is 0 Å². The van der Waals surface area contributed by atoms with Crippen LogP contribution in [0.4, 0.5) is 0 Å². The van der Waals surface area contributed by atoms with E-state index in [4.69, 9.17) is 27.6 Å². The van der Waals surface area contributed by atoms with E-state index >= 15 is 0 Å². The molecule has 122 valence electrons. The molecule has 8 heteroatoms. The lowest BCUT2D eigenvalue weighted by Crippen LogP contribution is -3.00. The van der Waals surface area contributed by atoms with Crippen molar-refractivity contribution in [3.8, 4) is 0 Å². The summed E-state index contributed by atoms with van der Waals surface area (Å²) >= 11 is 13.5. The molecule has 0 saturated carbocycles. The van der Waals surface area contributed by atoms with Gasteiger partial charge in [0, 0.05) is 22.2 Å². The summed E-state index contributed by atoms with van der Waals surface area (Å²) in [5, 5.41) is 9.91. The van der Waals surface area contributed by atoms with E-state index in [9.17, 15) is 0 Å². The van der Waals surface area contributed by atoms with Gasteiger partial charge in [-0.25, -0.2) is 0 Å². The highest BCUT2D eigenvalue weighted by molar-refractivity contribution is 7.98. The second-order valence-corrected chi connectivity index (χ2v) is 7.03. The molecule has 1 heterocycles. The van der Waals surface area contributed by atoms with Gasteiger partial charge in [0.1, 0.15) is 0 Å². The van der Waals surface area contributed by atoms with Crippen LogP contribution in [0.1, 0.15) is 37.8 Å². The Kier molecular flexibility index (Phi) is 8.00. The van der Waals surface area contributed by atoms with E-state index in [1.165, 1.54) is 11.8 Å². The van der Waals surface area contributed by atoms with Crippen molar-refractivity contribution in [1.29, 1.82) is 0 Å². The van der Waals surface area contributed by atoms with Gasteiger partial charge >= 0.3 is 0 Å². The summed E-state index contributed by atoms with van der Waals surface area (Å²) in [6.07, 6.45) is 0.926. The molecule has 0 spiro atoms. The van der Waals surface area contributed by atoms with Crippen LogP contribution < -0.4 is 18.1 Å². The highest BCUT2D eigenvalue weighted by Gasteiger charge is 2.19. The van der Waals surface area contributed by atoms with Crippen LogP contribution in [0.2, 0.25) is 10.0 Å². The molecule has 0 amide bonds. The Balaban J connectivity index is 0.00000242. The predicted molar refractivity (Wildman–Crippen MR) is 85.4 cm³/mol. The lowest BCUT2D eigenvalue weighted by Gasteiger charge is -2.06. The van der Waals surface area contributed by atoms with Gasteiger partial charge in [-0.2, -0.15) is 0 Å². The van der Waals surface area contributed by atoms with E-state index in [1.807, 2.05) is 12.1 Å². The number of nitrogens with zero attached hydrogens (tertiary/aromatic N) is 2. The van der Waals surface area contributed by atoms with Crippen molar-refractivity contribution in [1.82, 2.24) is 10.2 Å². The summed E-state index contributed by atoms with van der Waals surface area (Å²) in [4.78, 5) is 0. The Labute approximate surface area is 150 Å². The van der Waals surface area contributed by atoms with E-state index in [1.54, 1.807) is 6.07 Å². The van der Waals surface area contributed by atoms with Crippen LogP contribution in [0, 0.1) is 5.92 Å². The Hall–Kier alpha value is -0.460. The number of aromatic nitrogens is 2. The summed E-state index contributed by atoms with van der Waals surface area (Å²) in [6, 6.07) is 5.48. The van der Waals surface area contributed by atoms with Gasteiger partial charge in [0.25, 0.3) is 11.1 Å². The third-order valence-electron chi connectivity index (χ3n) is 2.89. The molecule has 1 aromatic carbocycles. The predicted octanol–water partition coefficient (Wildman–Crippen LogP) is 1.00. The van der Waals surface area contributed by atoms with Gasteiger partial charge in [0.15, 0.2) is 6.04 Å². The molecular formula is C14H18Cl3N3OS. The average molecular weight is 383 g/mol. The second kappa shape index (κ2) is 8.99. The fraction of sp³-hybridized carbons (Fsp3) is 0.429. The van der Waals surface area contributed by atoms with Gasteiger partial charge in [-0.15, -0.1) is 10.2 Å². The van der Waals surface area contributed by atoms with Gasteiger partial charge in [-0.05, 0) is 23.6 Å². The first kappa shape index (κ1) is 19.6. The number of hydrogen-bond donors (Lipinski definition) is 1. The van der Waals surface area contributed by atoms with E-state index < -0.39 is 0 Å². The van der Waals surface area contributed by atoms with Gasteiger partial charge in [-0.1, -0.05) is 54.9 Å². The quantitative estimate of drug-likeness (QED) is 0.757. The SMILES string of the molecule is CC(C)C[C@H]([NH3+])c1nnc(SCc2ccc(Cl)cc2Cl)o1.[Cl-]. The zero-order valence-electron chi connectivity index (χ0n) is 12.4. The maximum Gasteiger partial charge on any atom is 0.277 e. The zero-order chi connectivity index (χ0) is 15.4. The van der Waals surface area contributed by atoms with Crippen molar-refractivity contribution in [2.24, 2.45) is 5.92 Å². The smallest absolute Gasteiger partial charge is 0.277 e. The van der Waals surface area contributed by atoms with Crippen LogP contribution in [-0.2, 0) is 5.75 Å². The molecule has 0 aliphatic heterocycles. The van der Waals surface area contributed by atoms with Crippen molar-refractivity contribution in [3.05, 3.63) is 39.7 Å². The summed E-state index contributed by atoms with van der Waals surface area (Å²) in [7, 11) is 0. The highest BCUT2D eigenvalue weighted by Crippen LogP contribution is 2.28. The minimum Gasteiger partial charge on any atom is -1.00 e. The minimum atomic E-state index is 0. The molecule has 0 aliphatic rings. The maximum atomic E-state index is 6.13. The fourth-order valence-electron chi connectivity index (χ4n) is 1.89. The van der Waals surface area contributed by atoms with Crippen molar-refractivity contribution >= 4 is 35.0 Å². The second-order valence-electron chi connectivity index (χ2n) is 5.26. The molecule has 1 aromatic heterocycles. The standard InChI is InChI=1S/C14H17Cl2N3OS.ClH/c1-8(2)5-12(17)13-18-19-14(20-13)21-7-9-3-4-10(15)6-11(9)16;/h3-4,6,8,12H,5,7,17H2,1-2H3;1H/t12-;/m0./s1. The molecule has 0 aliphatic carbocycles. The van der Waals surface area contributed by atoms with Crippen molar-refractivity contribution in [2.75, 3.05) is 0 Å². The molecule has 3 N–H and O–H groups in total. The van der Waals surface area contributed by atoms with Crippen LogP contribution in [-0.4, -0.2) is 10.2 Å². The van der Waals surface area contributed by atoms with E-state index in [0.717, 1.165) is 12.0 Å². The van der Waals surface area contributed by atoms with E-state index in [0.29, 0.717) is 32.8 Å². The molecule has 0 fully saturated rings. The minimum absolute atomic E-state index is 0. The number of thioether (sulfide) groups is 1. The molecule has 0 saturated heterocycles. The van der Waals surface area contributed by atoms with Crippen LogP contribution in [0.25, 0.3) is 0 Å². The molecule has 1 atom stereocenters. The number of quaternary nitrogens is 1. The number of rotatable bonds is 6. The molecule has 2 rings (SSSR count). The topological polar surface area (TPSA) is 66.6 Å². The van der Waals surface area contributed by atoms with Crippen LogP contribution in [0.5, 0.6) is 0 Å². The Morgan fingerprint density at radius 2 is 2.00 bits per heavy atom. The monoisotopic (exact) mass is 381 g/mol. The third-order valence-corrected chi connectivity index (χ3v) is 4.35. The molecule has 0 radical (unpaired) electrons. The van der Waals surface area contributed by atoms with Gasteiger partial charge < -0.3 is 22.6 Å². The van der Waals surface area contributed by atoms with Crippen molar-refractivity contribution in [3.63, 3.8) is 0 Å². The summed E-state index contributed by atoms with van der Waals surface area (Å²) in [6.45, 7) is 4.29. The Morgan fingerprint density at radius 3 is 2.64 bits per heavy atom. The van der Waals surface area contributed by atoms with E-state index in [-0.39, 0.29) is 18.4 Å². The summed E-state index contributed by atoms with van der Waals surface area (Å²) < 4.78 is 5.64. The maximum absolute atomic E-state index is 6.13. The first-order chi connectivity index (χ1) is 9.95. The van der Waals surface area contributed by atoms with Crippen molar-refractivity contribution in [2.45, 2.75) is 37.3 Å². The lowest BCUT2D eigenvalue weighted by molar-refractivity contribution is -0.435. The summed E-state index contributed by atoms with van der Waals surface area (Å²) in [5.74, 6) is 1.79. The third kappa shape index (κ3) is 5.63. The molecule has 2 aromatic rings. The van der Waals surface area contributed by atoms with Crippen LogP contribution in [0.3, 0.4) is 0 Å². The number of benzene rings is 1. The zero-order valence-corrected chi connectivity index (χ0v) is 15.4. The number of halogens is 3. The molecule has 0 unspecified atom stereocenters. The number of hydrogen-bond acceptors (Lipinski definition) is 4. The van der Waals surface area contributed by atoms with Gasteiger partial charge in [0.05, 0.1) is 0 Å². The van der Waals surface area contributed by atoms with Crippen LogP contribution >= 0.6 is 35.0 Å². The Bertz CT molecular complexity index is 607. The molecule has 0 bridgehead atoms. The summed E-state index contributed by atoms with van der Waals surface area (Å²) in [5.41, 5.74) is 5.05. The first-order valence-electron chi connectivity index (χ1n) is 6.69. The lowest BCUT2D eigenvalue weighted by atomic mass is 10.1. The van der Waals surface area contributed by atoms with E-state index in [2.05, 4.69) is 29.8 Å². The normalized spacial score (nSPS) is 12.3. The molecule has 22 heavy (non-hydrogen) atoms. The molecular weight excluding hydrogens is 365 g/mol. The fourth-order valence-corrected chi connectivity index (χ4v) is 3.22. The van der Waals surface area contributed by atoms with Crippen LogP contribution in [0.15, 0.2) is 27.8 Å². The first-order valence-corrected chi connectivity index (χ1v) is 8.43. The highest BCUT2D eigenvalue weighted by atomic mass is 35.5.